The average Bonchev–Trinajstić information content (AvgIpc) is 3.19. The van der Waals surface area contributed by atoms with Gasteiger partial charge in [0.25, 0.3) is 0 Å². The standard InChI is InChI=1S/C24H28N2O3/c1-23(2,3)22-24(17-8-6-7-9-18(17)25-22)13-21(27)26(15-24)14-16-10-11-19(28-4)20(12-16)29-5/h6-12H,13-15H2,1-5H3/t24-/m1/s1. The van der Waals surface area contributed by atoms with Gasteiger partial charge in [-0.25, -0.2) is 0 Å². The maximum absolute atomic E-state index is 13.1. The predicted molar refractivity (Wildman–Crippen MR) is 114 cm³/mol. The number of likely N-dealkylation sites (tertiary alicyclic amines) is 1. The van der Waals surface area contributed by atoms with Crippen LogP contribution in [0.2, 0.25) is 0 Å². The van der Waals surface area contributed by atoms with E-state index in [0.717, 1.165) is 17.0 Å². The summed E-state index contributed by atoms with van der Waals surface area (Å²) in [4.78, 5) is 20.0. The molecule has 2 aliphatic rings. The number of hydrogen-bond donors (Lipinski definition) is 0. The van der Waals surface area contributed by atoms with Gasteiger partial charge in [-0.1, -0.05) is 45.0 Å². The largest absolute Gasteiger partial charge is 0.493 e. The summed E-state index contributed by atoms with van der Waals surface area (Å²) in [6, 6.07) is 14.1. The van der Waals surface area contributed by atoms with Gasteiger partial charge in [-0.2, -0.15) is 0 Å². The first-order valence-electron chi connectivity index (χ1n) is 9.96. The van der Waals surface area contributed by atoms with E-state index in [1.807, 2.05) is 35.2 Å². The Bertz CT molecular complexity index is 990. The van der Waals surface area contributed by atoms with E-state index >= 15 is 0 Å². The van der Waals surface area contributed by atoms with Crippen LogP contribution in [0.15, 0.2) is 47.5 Å². The van der Waals surface area contributed by atoms with Crippen LogP contribution in [-0.4, -0.2) is 37.3 Å². The smallest absolute Gasteiger partial charge is 0.224 e. The second-order valence-electron chi connectivity index (χ2n) is 8.93. The van der Waals surface area contributed by atoms with Gasteiger partial charge in [0.15, 0.2) is 11.5 Å². The lowest BCUT2D eigenvalue weighted by Gasteiger charge is -2.34. The number of benzene rings is 2. The first kappa shape index (κ1) is 19.5. The predicted octanol–water partition coefficient (Wildman–Crippen LogP) is 4.51. The summed E-state index contributed by atoms with van der Waals surface area (Å²) in [5, 5.41) is 0. The Morgan fingerprint density at radius 3 is 2.48 bits per heavy atom. The molecule has 0 aliphatic carbocycles. The Balaban J connectivity index is 1.67. The van der Waals surface area contributed by atoms with Crippen LogP contribution in [0.5, 0.6) is 11.5 Å². The number of methoxy groups -OCH3 is 2. The Hall–Kier alpha value is -2.82. The van der Waals surface area contributed by atoms with Crippen molar-refractivity contribution in [2.75, 3.05) is 20.8 Å². The first-order chi connectivity index (χ1) is 13.8. The molecule has 1 saturated heterocycles. The number of aliphatic imine (C=N–C) groups is 1. The van der Waals surface area contributed by atoms with E-state index in [1.165, 1.54) is 5.56 Å². The minimum atomic E-state index is -0.345. The minimum Gasteiger partial charge on any atom is -0.493 e. The number of carbonyl (C=O) groups excluding carboxylic acids is 1. The monoisotopic (exact) mass is 392 g/mol. The van der Waals surface area contributed by atoms with Gasteiger partial charge in [-0.05, 0) is 29.3 Å². The Labute approximate surface area is 172 Å². The van der Waals surface area contributed by atoms with Gasteiger partial charge < -0.3 is 14.4 Å². The van der Waals surface area contributed by atoms with Crippen LogP contribution < -0.4 is 9.47 Å². The summed E-state index contributed by atoms with van der Waals surface area (Å²) in [6.07, 6.45) is 0.466. The van der Waals surface area contributed by atoms with Crippen LogP contribution in [0.25, 0.3) is 0 Å². The third-order valence-electron chi connectivity index (χ3n) is 5.90. The number of carbonyl (C=O) groups is 1. The number of amides is 1. The number of rotatable bonds is 4. The Kier molecular flexibility index (Phi) is 4.64. The molecule has 5 heteroatoms. The summed E-state index contributed by atoms with van der Waals surface area (Å²) in [5.41, 5.74) is 3.84. The quantitative estimate of drug-likeness (QED) is 0.769. The summed E-state index contributed by atoms with van der Waals surface area (Å²) in [5.74, 6) is 1.52. The molecule has 1 atom stereocenters. The highest BCUT2D eigenvalue weighted by Crippen LogP contribution is 2.50. The third-order valence-corrected chi connectivity index (χ3v) is 5.90. The van der Waals surface area contributed by atoms with E-state index in [1.54, 1.807) is 14.2 Å². The molecule has 4 rings (SSSR count). The van der Waals surface area contributed by atoms with E-state index in [0.29, 0.717) is 31.0 Å². The molecule has 0 radical (unpaired) electrons. The van der Waals surface area contributed by atoms with E-state index in [2.05, 4.69) is 32.9 Å². The van der Waals surface area contributed by atoms with Crippen molar-refractivity contribution in [1.82, 2.24) is 4.90 Å². The number of nitrogens with zero attached hydrogens (tertiary/aromatic N) is 2. The van der Waals surface area contributed by atoms with Crippen molar-refractivity contribution >= 4 is 17.3 Å². The molecule has 1 fully saturated rings. The number of hydrogen-bond acceptors (Lipinski definition) is 4. The van der Waals surface area contributed by atoms with Crippen LogP contribution in [0.3, 0.4) is 0 Å². The van der Waals surface area contributed by atoms with Crippen LogP contribution in [0.4, 0.5) is 5.69 Å². The summed E-state index contributed by atoms with van der Waals surface area (Å²) >= 11 is 0. The summed E-state index contributed by atoms with van der Waals surface area (Å²) < 4.78 is 10.7. The van der Waals surface area contributed by atoms with Gasteiger partial charge in [0.2, 0.25) is 5.91 Å². The van der Waals surface area contributed by atoms with E-state index in [9.17, 15) is 4.79 Å². The van der Waals surface area contributed by atoms with E-state index < -0.39 is 0 Å². The molecule has 1 amide bonds. The zero-order valence-electron chi connectivity index (χ0n) is 17.8. The summed E-state index contributed by atoms with van der Waals surface area (Å²) in [7, 11) is 3.25. The van der Waals surface area contributed by atoms with Crippen molar-refractivity contribution < 1.29 is 14.3 Å². The van der Waals surface area contributed by atoms with Gasteiger partial charge >= 0.3 is 0 Å². The van der Waals surface area contributed by atoms with Crippen molar-refractivity contribution in [3.8, 4) is 11.5 Å². The van der Waals surface area contributed by atoms with Gasteiger partial charge in [0.1, 0.15) is 0 Å². The van der Waals surface area contributed by atoms with E-state index in [-0.39, 0.29) is 16.7 Å². The average molecular weight is 392 g/mol. The molecule has 152 valence electrons. The second-order valence-corrected chi connectivity index (χ2v) is 8.93. The van der Waals surface area contributed by atoms with Crippen molar-refractivity contribution in [3.05, 3.63) is 53.6 Å². The topological polar surface area (TPSA) is 51.1 Å². The van der Waals surface area contributed by atoms with Crippen LogP contribution in [0.1, 0.15) is 38.3 Å². The number of fused-ring (bicyclic) bond motifs is 2. The summed E-state index contributed by atoms with van der Waals surface area (Å²) in [6.45, 7) is 7.73. The fourth-order valence-electron chi connectivity index (χ4n) is 4.74. The minimum absolute atomic E-state index is 0.112. The Morgan fingerprint density at radius 1 is 1.07 bits per heavy atom. The molecule has 29 heavy (non-hydrogen) atoms. The van der Waals surface area contributed by atoms with Crippen molar-refractivity contribution in [2.45, 2.75) is 39.2 Å². The number of para-hydroxylation sites is 1. The highest BCUT2D eigenvalue weighted by atomic mass is 16.5. The highest BCUT2D eigenvalue weighted by molar-refractivity contribution is 6.09. The van der Waals surface area contributed by atoms with Crippen LogP contribution in [0, 0.1) is 5.41 Å². The molecule has 0 saturated carbocycles. The first-order valence-corrected chi connectivity index (χ1v) is 9.96. The molecule has 5 nitrogen and oxygen atoms in total. The maximum Gasteiger partial charge on any atom is 0.224 e. The lowest BCUT2D eigenvalue weighted by Crippen LogP contribution is -2.42. The van der Waals surface area contributed by atoms with Gasteiger partial charge in [-0.15, -0.1) is 0 Å². The van der Waals surface area contributed by atoms with E-state index in [4.69, 9.17) is 14.5 Å². The molecule has 2 aromatic carbocycles. The molecular weight excluding hydrogens is 364 g/mol. The fraction of sp³-hybridized carbons (Fsp3) is 0.417. The second kappa shape index (κ2) is 6.90. The number of ether oxygens (including phenoxy) is 2. The zero-order valence-corrected chi connectivity index (χ0v) is 17.8. The molecule has 0 bridgehead atoms. The van der Waals surface area contributed by atoms with Gasteiger partial charge in [-0.3, -0.25) is 9.79 Å². The molecule has 1 spiro atoms. The lowest BCUT2D eigenvalue weighted by atomic mass is 9.68. The van der Waals surface area contributed by atoms with Crippen molar-refractivity contribution in [1.29, 1.82) is 0 Å². The fourth-order valence-corrected chi connectivity index (χ4v) is 4.74. The van der Waals surface area contributed by atoms with Gasteiger partial charge in [0.05, 0.1) is 25.3 Å². The molecule has 2 aliphatic heterocycles. The molecule has 0 unspecified atom stereocenters. The lowest BCUT2D eigenvalue weighted by molar-refractivity contribution is -0.128. The molecule has 0 N–H and O–H groups in total. The van der Waals surface area contributed by atoms with Crippen LogP contribution in [-0.2, 0) is 16.8 Å². The Morgan fingerprint density at radius 2 is 1.79 bits per heavy atom. The van der Waals surface area contributed by atoms with Crippen molar-refractivity contribution in [3.63, 3.8) is 0 Å². The third kappa shape index (κ3) is 3.18. The molecular formula is C24H28N2O3. The van der Waals surface area contributed by atoms with Crippen molar-refractivity contribution in [2.24, 2.45) is 10.4 Å². The van der Waals surface area contributed by atoms with Crippen LogP contribution >= 0.6 is 0 Å². The molecule has 0 aromatic heterocycles. The SMILES string of the molecule is COc1ccc(CN2C[C@@]3(CC2=O)C(C(C)(C)C)=Nc2ccccc23)cc1OC. The molecule has 2 aromatic rings. The molecule has 2 heterocycles. The maximum atomic E-state index is 13.1. The highest BCUT2D eigenvalue weighted by Gasteiger charge is 2.54. The normalized spacial score (nSPS) is 20.8. The zero-order chi connectivity index (χ0) is 20.8. The van der Waals surface area contributed by atoms with Gasteiger partial charge in [0, 0.05) is 30.6 Å².